The summed E-state index contributed by atoms with van der Waals surface area (Å²) < 4.78 is 25.5. The molecule has 7 heteroatoms. The van der Waals surface area contributed by atoms with Crippen LogP contribution >= 0.6 is 0 Å². The summed E-state index contributed by atoms with van der Waals surface area (Å²) in [6.07, 6.45) is 0.563. The van der Waals surface area contributed by atoms with Crippen molar-refractivity contribution < 1.29 is 18.4 Å². The Bertz CT molecular complexity index is 688. The second-order valence-electron chi connectivity index (χ2n) is 5.11. The minimum Gasteiger partial charge on any atom is -0.336 e. The molecule has 2 rings (SSSR count). The molecule has 24 heavy (non-hydrogen) atoms. The highest BCUT2D eigenvalue weighted by molar-refractivity contribution is 5.82. The highest BCUT2D eigenvalue weighted by Gasteiger charge is 2.05. The molecule has 3 N–H and O–H groups in total. The van der Waals surface area contributed by atoms with Gasteiger partial charge in [0.25, 0.3) is 0 Å². The SMILES string of the molecule is O=C(Cc1ccc(F)cc1)NNC(=O)NCCc1ccc(F)cc1. The maximum Gasteiger partial charge on any atom is 0.333 e. The fourth-order valence-corrected chi connectivity index (χ4v) is 1.97. The van der Waals surface area contributed by atoms with Gasteiger partial charge in [0.2, 0.25) is 5.91 Å². The number of nitrogens with one attached hydrogen (secondary N) is 3. The van der Waals surface area contributed by atoms with Crippen molar-refractivity contribution in [2.45, 2.75) is 12.8 Å². The van der Waals surface area contributed by atoms with Crippen molar-refractivity contribution >= 4 is 11.9 Å². The van der Waals surface area contributed by atoms with E-state index >= 15 is 0 Å². The van der Waals surface area contributed by atoms with E-state index in [0.29, 0.717) is 18.5 Å². The Hall–Kier alpha value is -2.96. The van der Waals surface area contributed by atoms with Gasteiger partial charge in [0.15, 0.2) is 0 Å². The molecule has 0 fully saturated rings. The third-order valence-electron chi connectivity index (χ3n) is 3.21. The lowest BCUT2D eigenvalue weighted by Gasteiger charge is -2.09. The third kappa shape index (κ3) is 6.04. The molecular weight excluding hydrogens is 316 g/mol. The summed E-state index contributed by atoms with van der Waals surface area (Å²) in [5.41, 5.74) is 6.00. The van der Waals surface area contributed by atoms with Crippen molar-refractivity contribution in [3.63, 3.8) is 0 Å². The molecule has 0 aliphatic carbocycles. The minimum atomic E-state index is -0.551. The van der Waals surface area contributed by atoms with Crippen LogP contribution < -0.4 is 16.2 Å². The molecule has 0 bridgehead atoms. The van der Waals surface area contributed by atoms with Crippen molar-refractivity contribution in [2.24, 2.45) is 0 Å². The van der Waals surface area contributed by atoms with Crippen molar-refractivity contribution in [3.05, 3.63) is 71.3 Å². The molecule has 2 aromatic rings. The van der Waals surface area contributed by atoms with E-state index in [-0.39, 0.29) is 18.1 Å². The number of hydrogen-bond acceptors (Lipinski definition) is 2. The minimum absolute atomic E-state index is 0.0239. The quantitative estimate of drug-likeness (QED) is 0.733. The molecule has 2 aromatic carbocycles. The Morgan fingerprint density at radius 1 is 0.792 bits per heavy atom. The van der Waals surface area contributed by atoms with Gasteiger partial charge >= 0.3 is 6.03 Å². The van der Waals surface area contributed by atoms with Crippen molar-refractivity contribution in [1.29, 1.82) is 0 Å². The van der Waals surface area contributed by atoms with Crippen molar-refractivity contribution in [3.8, 4) is 0 Å². The molecule has 0 aliphatic rings. The normalized spacial score (nSPS) is 10.1. The smallest absolute Gasteiger partial charge is 0.333 e. The number of amides is 3. The van der Waals surface area contributed by atoms with Gasteiger partial charge in [0, 0.05) is 6.54 Å². The molecule has 0 radical (unpaired) electrons. The number of hydrogen-bond donors (Lipinski definition) is 3. The molecule has 3 amide bonds. The average molecular weight is 333 g/mol. The predicted octanol–water partition coefficient (Wildman–Crippen LogP) is 2.08. The number of halogens is 2. The number of benzene rings is 2. The first-order valence-electron chi connectivity index (χ1n) is 7.34. The Morgan fingerprint density at radius 2 is 1.33 bits per heavy atom. The summed E-state index contributed by atoms with van der Waals surface area (Å²) in [5.74, 6) is -1.11. The molecule has 0 heterocycles. The first-order valence-corrected chi connectivity index (χ1v) is 7.34. The summed E-state index contributed by atoms with van der Waals surface area (Å²) in [6, 6.07) is 10.9. The van der Waals surface area contributed by atoms with Gasteiger partial charge in [-0.2, -0.15) is 0 Å². The molecule has 0 aliphatic heterocycles. The molecule has 0 saturated carbocycles. The summed E-state index contributed by atoms with van der Waals surface area (Å²) in [6.45, 7) is 0.339. The van der Waals surface area contributed by atoms with Crippen LogP contribution in [0.2, 0.25) is 0 Å². The van der Waals surface area contributed by atoms with E-state index in [1.807, 2.05) is 0 Å². The van der Waals surface area contributed by atoms with Crippen LogP contribution in [0.25, 0.3) is 0 Å². The highest BCUT2D eigenvalue weighted by atomic mass is 19.1. The van der Waals surface area contributed by atoms with Gasteiger partial charge in [-0.05, 0) is 41.8 Å². The number of carbonyl (C=O) groups is 2. The van der Waals surface area contributed by atoms with Crippen LogP contribution in [0.4, 0.5) is 13.6 Å². The average Bonchev–Trinajstić information content (AvgIpc) is 2.57. The second-order valence-corrected chi connectivity index (χ2v) is 5.11. The van der Waals surface area contributed by atoms with E-state index in [0.717, 1.165) is 5.56 Å². The van der Waals surface area contributed by atoms with Gasteiger partial charge < -0.3 is 5.32 Å². The number of carbonyl (C=O) groups excluding carboxylic acids is 2. The van der Waals surface area contributed by atoms with Crippen molar-refractivity contribution in [2.75, 3.05) is 6.54 Å². The largest absolute Gasteiger partial charge is 0.336 e. The highest BCUT2D eigenvalue weighted by Crippen LogP contribution is 2.03. The van der Waals surface area contributed by atoms with Crippen LogP contribution in [0.5, 0.6) is 0 Å². The van der Waals surface area contributed by atoms with Crippen LogP contribution in [0.1, 0.15) is 11.1 Å². The molecule has 0 saturated heterocycles. The van der Waals surface area contributed by atoms with Gasteiger partial charge in [0.05, 0.1) is 6.42 Å². The second kappa shape index (κ2) is 8.61. The molecule has 5 nitrogen and oxygen atoms in total. The Balaban J connectivity index is 1.64. The van der Waals surface area contributed by atoms with E-state index in [2.05, 4.69) is 16.2 Å². The summed E-state index contributed by atoms with van der Waals surface area (Å²) >= 11 is 0. The lowest BCUT2D eigenvalue weighted by molar-refractivity contribution is -0.121. The lowest BCUT2D eigenvalue weighted by Crippen LogP contribution is -2.47. The van der Waals surface area contributed by atoms with Crippen LogP contribution in [0.15, 0.2) is 48.5 Å². The van der Waals surface area contributed by atoms with Crippen molar-refractivity contribution in [1.82, 2.24) is 16.2 Å². The zero-order chi connectivity index (χ0) is 17.4. The van der Waals surface area contributed by atoms with E-state index in [4.69, 9.17) is 0 Å². The van der Waals surface area contributed by atoms with Gasteiger partial charge in [-0.25, -0.2) is 19.0 Å². The number of hydrazine groups is 1. The monoisotopic (exact) mass is 333 g/mol. The zero-order valence-corrected chi connectivity index (χ0v) is 12.8. The lowest BCUT2D eigenvalue weighted by atomic mass is 10.1. The van der Waals surface area contributed by atoms with Gasteiger partial charge in [-0.1, -0.05) is 24.3 Å². The van der Waals surface area contributed by atoms with Crippen LogP contribution in [0.3, 0.4) is 0 Å². The topological polar surface area (TPSA) is 70.2 Å². The summed E-state index contributed by atoms with van der Waals surface area (Å²) in [5, 5.41) is 2.56. The molecule has 0 unspecified atom stereocenters. The predicted molar refractivity (Wildman–Crippen MR) is 84.9 cm³/mol. The molecule has 0 spiro atoms. The van der Waals surface area contributed by atoms with Crippen LogP contribution in [-0.4, -0.2) is 18.5 Å². The Labute approximate surface area is 138 Å². The number of rotatable bonds is 5. The maximum absolute atomic E-state index is 12.8. The fourth-order valence-electron chi connectivity index (χ4n) is 1.97. The summed E-state index contributed by atoms with van der Waals surface area (Å²) in [4.78, 5) is 23.2. The Morgan fingerprint density at radius 3 is 1.92 bits per heavy atom. The van der Waals surface area contributed by atoms with E-state index in [1.54, 1.807) is 12.1 Å². The maximum atomic E-state index is 12.8. The number of urea groups is 1. The first-order chi connectivity index (χ1) is 11.5. The van der Waals surface area contributed by atoms with E-state index < -0.39 is 11.9 Å². The molecular formula is C17H17F2N3O2. The van der Waals surface area contributed by atoms with Gasteiger partial charge in [0.1, 0.15) is 11.6 Å². The van der Waals surface area contributed by atoms with E-state index in [1.165, 1.54) is 36.4 Å². The molecule has 0 aromatic heterocycles. The Kier molecular flexibility index (Phi) is 6.24. The fraction of sp³-hybridized carbons (Fsp3) is 0.176. The molecule has 126 valence electrons. The van der Waals surface area contributed by atoms with E-state index in [9.17, 15) is 18.4 Å². The first kappa shape index (κ1) is 17.4. The standard InChI is InChI=1S/C17H17F2N3O2/c18-14-5-1-12(2-6-14)9-10-20-17(24)22-21-16(23)11-13-3-7-15(19)8-4-13/h1-8H,9-11H2,(H,21,23)(H2,20,22,24). The van der Waals surface area contributed by atoms with Crippen LogP contribution in [-0.2, 0) is 17.6 Å². The summed E-state index contributed by atoms with van der Waals surface area (Å²) in [7, 11) is 0. The van der Waals surface area contributed by atoms with Gasteiger partial charge in [-0.15, -0.1) is 0 Å². The molecule has 0 atom stereocenters. The third-order valence-corrected chi connectivity index (χ3v) is 3.21. The van der Waals surface area contributed by atoms with Gasteiger partial charge in [-0.3, -0.25) is 10.2 Å². The van der Waals surface area contributed by atoms with Crippen LogP contribution in [0, 0.1) is 11.6 Å². The zero-order valence-electron chi connectivity index (χ0n) is 12.8.